The summed E-state index contributed by atoms with van der Waals surface area (Å²) < 4.78 is 0. The molecule has 2 unspecified atom stereocenters. The summed E-state index contributed by atoms with van der Waals surface area (Å²) in [6.07, 6.45) is 3.60. The van der Waals surface area contributed by atoms with E-state index in [2.05, 4.69) is 15.1 Å². The number of rotatable bonds is 2. The average Bonchev–Trinajstić information content (AvgIpc) is 2.41. The van der Waals surface area contributed by atoms with Crippen LogP contribution >= 0.6 is 0 Å². The van der Waals surface area contributed by atoms with Crippen LogP contribution in [0.2, 0.25) is 0 Å². The SMILES string of the molecule is CC1CCN(c2cnc(C(N)=NO)cn2)CC1O. The maximum Gasteiger partial charge on any atom is 0.190 e. The normalized spacial score (nSPS) is 25.2. The Morgan fingerprint density at radius 1 is 1.50 bits per heavy atom. The molecule has 98 valence electrons. The van der Waals surface area contributed by atoms with Crippen LogP contribution in [0.3, 0.4) is 0 Å². The molecule has 0 spiro atoms. The van der Waals surface area contributed by atoms with Crippen molar-refractivity contribution in [2.24, 2.45) is 16.8 Å². The molecule has 1 saturated heterocycles. The van der Waals surface area contributed by atoms with Crippen molar-refractivity contribution in [2.75, 3.05) is 18.0 Å². The third kappa shape index (κ3) is 2.51. The second kappa shape index (κ2) is 5.18. The minimum atomic E-state index is -0.343. The van der Waals surface area contributed by atoms with Crippen molar-refractivity contribution >= 4 is 11.7 Å². The fraction of sp³-hybridized carbons (Fsp3) is 0.545. The summed E-state index contributed by atoms with van der Waals surface area (Å²) in [5.74, 6) is 0.933. The molecule has 0 saturated carbocycles. The van der Waals surface area contributed by atoms with E-state index >= 15 is 0 Å². The average molecular weight is 251 g/mol. The van der Waals surface area contributed by atoms with Gasteiger partial charge in [0.15, 0.2) is 5.84 Å². The molecule has 4 N–H and O–H groups in total. The van der Waals surface area contributed by atoms with Crippen LogP contribution in [0.1, 0.15) is 19.0 Å². The zero-order chi connectivity index (χ0) is 13.1. The van der Waals surface area contributed by atoms with Crippen LogP contribution in [0.25, 0.3) is 0 Å². The summed E-state index contributed by atoms with van der Waals surface area (Å²) in [4.78, 5) is 10.3. The Morgan fingerprint density at radius 3 is 2.83 bits per heavy atom. The lowest BCUT2D eigenvalue weighted by Crippen LogP contribution is -2.43. The first-order valence-electron chi connectivity index (χ1n) is 5.84. The van der Waals surface area contributed by atoms with Crippen LogP contribution in [0.5, 0.6) is 0 Å². The van der Waals surface area contributed by atoms with Gasteiger partial charge in [-0.3, -0.25) is 0 Å². The van der Waals surface area contributed by atoms with E-state index in [0.717, 1.165) is 13.0 Å². The smallest absolute Gasteiger partial charge is 0.190 e. The van der Waals surface area contributed by atoms with E-state index in [-0.39, 0.29) is 11.9 Å². The Balaban J connectivity index is 2.10. The molecule has 0 aliphatic carbocycles. The molecule has 0 bridgehead atoms. The number of anilines is 1. The van der Waals surface area contributed by atoms with Gasteiger partial charge in [0.05, 0.1) is 18.5 Å². The van der Waals surface area contributed by atoms with E-state index in [9.17, 15) is 5.11 Å². The van der Waals surface area contributed by atoms with Crippen molar-refractivity contribution in [1.82, 2.24) is 9.97 Å². The number of aliphatic hydroxyl groups is 1. The van der Waals surface area contributed by atoms with Crippen molar-refractivity contribution in [2.45, 2.75) is 19.4 Å². The summed E-state index contributed by atoms with van der Waals surface area (Å²) >= 11 is 0. The number of oxime groups is 1. The van der Waals surface area contributed by atoms with Gasteiger partial charge in [-0.05, 0) is 12.3 Å². The Kier molecular flexibility index (Phi) is 3.61. The number of piperidine rings is 1. The Morgan fingerprint density at radius 2 is 2.28 bits per heavy atom. The predicted octanol–water partition coefficient (Wildman–Crippen LogP) is -0.222. The molecule has 1 aliphatic heterocycles. The molecular weight excluding hydrogens is 234 g/mol. The van der Waals surface area contributed by atoms with Gasteiger partial charge in [0.1, 0.15) is 11.5 Å². The molecule has 1 aromatic heterocycles. The fourth-order valence-corrected chi connectivity index (χ4v) is 1.92. The minimum absolute atomic E-state index is 0.0682. The van der Waals surface area contributed by atoms with Crippen molar-refractivity contribution < 1.29 is 10.3 Å². The molecule has 0 aromatic carbocycles. The summed E-state index contributed by atoms with van der Waals surface area (Å²) in [5.41, 5.74) is 5.73. The molecule has 0 radical (unpaired) electrons. The van der Waals surface area contributed by atoms with Gasteiger partial charge in [0.2, 0.25) is 0 Å². The van der Waals surface area contributed by atoms with Gasteiger partial charge >= 0.3 is 0 Å². The van der Waals surface area contributed by atoms with E-state index in [0.29, 0.717) is 24.0 Å². The standard InChI is InChI=1S/C11H17N5O2/c1-7-2-3-16(6-9(7)17)10-5-13-8(4-14-10)11(12)15-18/h4-5,7,9,17-18H,2-3,6H2,1H3,(H2,12,15). The maximum atomic E-state index is 9.83. The van der Waals surface area contributed by atoms with Gasteiger partial charge in [-0.1, -0.05) is 12.1 Å². The van der Waals surface area contributed by atoms with Gasteiger partial charge in [0, 0.05) is 13.1 Å². The predicted molar refractivity (Wildman–Crippen MR) is 66.5 cm³/mol. The highest BCUT2D eigenvalue weighted by Gasteiger charge is 2.25. The lowest BCUT2D eigenvalue weighted by molar-refractivity contribution is 0.102. The van der Waals surface area contributed by atoms with E-state index in [1.165, 1.54) is 6.20 Å². The second-order valence-electron chi connectivity index (χ2n) is 4.52. The van der Waals surface area contributed by atoms with Crippen LogP contribution in [-0.2, 0) is 0 Å². The number of nitrogens with two attached hydrogens (primary N) is 1. The van der Waals surface area contributed by atoms with Crippen molar-refractivity contribution in [3.8, 4) is 0 Å². The molecule has 2 rings (SSSR count). The van der Waals surface area contributed by atoms with Gasteiger partial charge in [0.25, 0.3) is 0 Å². The Bertz CT molecular complexity index is 434. The minimum Gasteiger partial charge on any atom is -0.409 e. The summed E-state index contributed by atoms with van der Waals surface area (Å²) in [6.45, 7) is 3.43. The highest BCUT2D eigenvalue weighted by atomic mass is 16.4. The highest BCUT2D eigenvalue weighted by molar-refractivity contribution is 5.94. The number of amidine groups is 1. The molecule has 18 heavy (non-hydrogen) atoms. The summed E-state index contributed by atoms with van der Waals surface area (Å²) in [6, 6.07) is 0. The first kappa shape index (κ1) is 12.6. The number of aromatic nitrogens is 2. The van der Waals surface area contributed by atoms with E-state index in [4.69, 9.17) is 10.9 Å². The first-order valence-corrected chi connectivity index (χ1v) is 5.84. The Hall–Kier alpha value is -1.89. The van der Waals surface area contributed by atoms with Crippen LogP contribution in [0, 0.1) is 5.92 Å². The lowest BCUT2D eigenvalue weighted by Gasteiger charge is -2.34. The van der Waals surface area contributed by atoms with E-state index in [1.807, 2.05) is 11.8 Å². The lowest BCUT2D eigenvalue weighted by atomic mass is 9.96. The zero-order valence-electron chi connectivity index (χ0n) is 10.2. The quantitative estimate of drug-likeness (QED) is 0.290. The van der Waals surface area contributed by atoms with Gasteiger partial charge in [-0.2, -0.15) is 0 Å². The largest absolute Gasteiger partial charge is 0.409 e. The molecule has 1 fully saturated rings. The molecule has 1 aliphatic rings. The fourth-order valence-electron chi connectivity index (χ4n) is 1.92. The molecule has 2 atom stereocenters. The van der Waals surface area contributed by atoms with Crippen LogP contribution in [0.4, 0.5) is 5.82 Å². The zero-order valence-corrected chi connectivity index (χ0v) is 10.2. The topological polar surface area (TPSA) is 108 Å². The highest BCUT2D eigenvalue weighted by Crippen LogP contribution is 2.21. The molecular formula is C11H17N5O2. The van der Waals surface area contributed by atoms with Crippen LogP contribution in [-0.4, -0.2) is 45.3 Å². The van der Waals surface area contributed by atoms with E-state index < -0.39 is 0 Å². The van der Waals surface area contributed by atoms with Gasteiger partial charge in [-0.15, -0.1) is 0 Å². The summed E-state index contributed by atoms with van der Waals surface area (Å²) in [5, 5.41) is 21.2. The number of β-amino-alcohol motifs (C(OH)–C–C–N with tert-alkyl or cyclic N) is 1. The molecule has 1 aromatic rings. The third-order valence-electron chi connectivity index (χ3n) is 3.25. The third-order valence-corrected chi connectivity index (χ3v) is 3.25. The Labute approximate surface area is 105 Å². The molecule has 0 amide bonds. The van der Waals surface area contributed by atoms with E-state index in [1.54, 1.807) is 6.20 Å². The molecule has 7 nitrogen and oxygen atoms in total. The molecule has 2 heterocycles. The summed E-state index contributed by atoms with van der Waals surface area (Å²) in [7, 11) is 0. The van der Waals surface area contributed by atoms with Crippen molar-refractivity contribution in [3.05, 3.63) is 18.1 Å². The first-order chi connectivity index (χ1) is 8.61. The van der Waals surface area contributed by atoms with Crippen molar-refractivity contribution in [1.29, 1.82) is 0 Å². The second-order valence-corrected chi connectivity index (χ2v) is 4.52. The van der Waals surface area contributed by atoms with Crippen molar-refractivity contribution in [3.63, 3.8) is 0 Å². The van der Waals surface area contributed by atoms with Gasteiger partial charge < -0.3 is 20.9 Å². The number of hydrogen-bond acceptors (Lipinski definition) is 6. The maximum absolute atomic E-state index is 9.83. The van der Waals surface area contributed by atoms with Gasteiger partial charge in [-0.25, -0.2) is 9.97 Å². The molecule has 7 heteroatoms. The van der Waals surface area contributed by atoms with Crippen LogP contribution in [0.15, 0.2) is 17.5 Å². The van der Waals surface area contributed by atoms with Crippen LogP contribution < -0.4 is 10.6 Å². The monoisotopic (exact) mass is 251 g/mol. The number of aliphatic hydroxyl groups excluding tert-OH is 1. The number of hydrogen-bond donors (Lipinski definition) is 3. The number of nitrogens with zero attached hydrogens (tertiary/aromatic N) is 4.